The average Bonchev–Trinajstić information content (AvgIpc) is 3.28. The molecule has 0 unspecified atom stereocenters. The maximum Gasteiger partial charge on any atom is 0.422 e. The molecule has 2 aromatic carbocycles. The van der Waals surface area contributed by atoms with Crippen LogP contribution in [0.3, 0.4) is 0 Å². The monoisotopic (exact) mass is 522 g/mol. The van der Waals surface area contributed by atoms with E-state index in [1.807, 2.05) is 0 Å². The van der Waals surface area contributed by atoms with E-state index in [2.05, 4.69) is 15.0 Å². The van der Waals surface area contributed by atoms with E-state index in [-0.39, 0.29) is 22.5 Å². The number of benzene rings is 2. The van der Waals surface area contributed by atoms with E-state index in [0.29, 0.717) is 16.8 Å². The smallest absolute Gasteiger partial charge is 0.422 e. The molecule has 4 rings (SSSR count). The minimum absolute atomic E-state index is 0.167. The van der Waals surface area contributed by atoms with Gasteiger partial charge in [0.1, 0.15) is 0 Å². The number of aromatic nitrogens is 3. The second-order valence-electron chi connectivity index (χ2n) is 7.83. The predicted octanol–water partition coefficient (Wildman–Crippen LogP) is 3.62. The van der Waals surface area contributed by atoms with Crippen molar-refractivity contribution in [2.45, 2.75) is 12.6 Å². The SMILES string of the molecule is Cn1c(=O)c2c(CC(=O)Nc3nc(-c4ccc(OCC(F)(F)F)c(F)c4)cs3)cccc2n(C)c1=O. The summed E-state index contributed by atoms with van der Waals surface area (Å²) in [5.74, 6) is -2.00. The predicted molar refractivity (Wildman–Crippen MR) is 126 cm³/mol. The van der Waals surface area contributed by atoms with Crippen molar-refractivity contribution in [3.8, 4) is 17.0 Å². The van der Waals surface area contributed by atoms with Gasteiger partial charge in [-0.25, -0.2) is 14.2 Å². The van der Waals surface area contributed by atoms with Gasteiger partial charge < -0.3 is 10.1 Å². The van der Waals surface area contributed by atoms with Gasteiger partial charge in [-0.3, -0.25) is 18.7 Å². The van der Waals surface area contributed by atoms with Crippen molar-refractivity contribution in [2.75, 3.05) is 11.9 Å². The molecule has 188 valence electrons. The Hall–Kier alpha value is -4.00. The number of fused-ring (bicyclic) bond motifs is 1. The van der Waals surface area contributed by atoms with E-state index in [1.165, 1.54) is 24.7 Å². The van der Waals surface area contributed by atoms with Gasteiger partial charge in [-0.1, -0.05) is 12.1 Å². The van der Waals surface area contributed by atoms with Crippen LogP contribution in [0.25, 0.3) is 22.2 Å². The van der Waals surface area contributed by atoms with Crippen molar-refractivity contribution in [3.63, 3.8) is 0 Å². The molecule has 0 aliphatic rings. The summed E-state index contributed by atoms with van der Waals surface area (Å²) >= 11 is 1.06. The van der Waals surface area contributed by atoms with Gasteiger partial charge in [0.05, 0.1) is 23.0 Å². The van der Waals surface area contributed by atoms with Gasteiger partial charge in [0.25, 0.3) is 5.56 Å². The summed E-state index contributed by atoms with van der Waals surface area (Å²) in [7, 11) is 2.89. The first-order valence-electron chi connectivity index (χ1n) is 10.4. The van der Waals surface area contributed by atoms with E-state index in [1.54, 1.807) is 23.6 Å². The molecule has 1 amide bonds. The van der Waals surface area contributed by atoms with Crippen LogP contribution < -0.4 is 21.3 Å². The zero-order chi connectivity index (χ0) is 26.2. The Labute approximate surface area is 204 Å². The van der Waals surface area contributed by atoms with Crippen molar-refractivity contribution in [3.05, 3.63) is 74.0 Å². The van der Waals surface area contributed by atoms with E-state index in [4.69, 9.17) is 0 Å². The topological polar surface area (TPSA) is 95.2 Å². The highest BCUT2D eigenvalue weighted by atomic mass is 32.1. The Kier molecular flexibility index (Phi) is 6.67. The van der Waals surface area contributed by atoms with Gasteiger partial charge >= 0.3 is 11.9 Å². The zero-order valence-corrected chi connectivity index (χ0v) is 19.7. The molecule has 0 aliphatic heterocycles. The molecule has 0 spiro atoms. The number of nitrogens with zero attached hydrogens (tertiary/aromatic N) is 3. The fourth-order valence-electron chi connectivity index (χ4n) is 3.58. The molecule has 0 aliphatic carbocycles. The van der Waals surface area contributed by atoms with Crippen LogP contribution in [0.15, 0.2) is 51.4 Å². The van der Waals surface area contributed by atoms with Crippen molar-refractivity contribution >= 4 is 33.3 Å². The van der Waals surface area contributed by atoms with E-state index in [0.717, 1.165) is 28.0 Å². The van der Waals surface area contributed by atoms with Gasteiger partial charge in [0.2, 0.25) is 5.91 Å². The summed E-state index contributed by atoms with van der Waals surface area (Å²) in [5, 5.41) is 4.61. The standard InChI is InChI=1S/C23H18F4N4O4S/c1-30-16-5-3-4-13(19(16)20(33)31(2)22(30)34)9-18(32)29-21-28-15(10-36-21)12-6-7-17(14(24)8-12)35-11-23(25,26)27/h3-8,10H,9,11H2,1-2H3,(H,28,29,32). The molecule has 0 fully saturated rings. The lowest BCUT2D eigenvalue weighted by Crippen LogP contribution is -2.37. The van der Waals surface area contributed by atoms with Crippen LogP contribution in [-0.2, 0) is 25.3 Å². The number of aryl methyl sites for hydroxylation is 1. The molecular formula is C23H18F4N4O4S. The number of hydrogen-bond acceptors (Lipinski definition) is 6. The van der Waals surface area contributed by atoms with E-state index >= 15 is 0 Å². The summed E-state index contributed by atoms with van der Waals surface area (Å²) in [6.07, 6.45) is -4.76. The Morgan fingerprint density at radius 3 is 2.58 bits per heavy atom. The summed E-state index contributed by atoms with van der Waals surface area (Å²) < 4.78 is 57.8. The number of ether oxygens (including phenoxy) is 1. The maximum atomic E-state index is 14.2. The number of carbonyl (C=O) groups is 1. The summed E-state index contributed by atoms with van der Waals surface area (Å²) in [6.45, 7) is -1.62. The Bertz CT molecular complexity index is 1590. The first kappa shape index (κ1) is 25.1. The molecule has 2 heterocycles. The third-order valence-electron chi connectivity index (χ3n) is 5.30. The van der Waals surface area contributed by atoms with Gasteiger partial charge in [-0.2, -0.15) is 13.2 Å². The number of halogens is 4. The first-order chi connectivity index (χ1) is 16.9. The molecule has 0 bridgehead atoms. The first-order valence-corrected chi connectivity index (χ1v) is 11.2. The minimum Gasteiger partial charge on any atom is -0.481 e. The van der Waals surface area contributed by atoms with E-state index < -0.39 is 41.5 Å². The van der Waals surface area contributed by atoms with Gasteiger partial charge in [0, 0.05) is 25.0 Å². The van der Waals surface area contributed by atoms with Crippen molar-refractivity contribution in [1.29, 1.82) is 0 Å². The highest BCUT2D eigenvalue weighted by Gasteiger charge is 2.29. The van der Waals surface area contributed by atoms with Crippen LogP contribution in [0.4, 0.5) is 22.7 Å². The summed E-state index contributed by atoms with van der Waals surface area (Å²) in [6, 6.07) is 8.29. The second kappa shape index (κ2) is 9.57. The summed E-state index contributed by atoms with van der Waals surface area (Å²) in [4.78, 5) is 41.8. The Morgan fingerprint density at radius 2 is 1.89 bits per heavy atom. The third kappa shape index (κ3) is 5.15. The van der Waals surface area contributed by atoms with Crippen LogP contribution in [0.5, 0.6) is 5.75 Å². The van der Waals surface area contributed by atoms with E-state index in [9.17, 15) is 31.9 Å². The Balaban J connectivity index is 1.51. The van der Waals surface area contributed by atoms with Crippen LogP contribution >= 0.6 is 11.3 Å². The van der Waals surface area contributed by atoms with Gasteiger partial charge in [-0.15, -0.1) is 11.3 Å². The number of hydrogen-bond donors (Lipinski definition) is 1. The molecule has 0 atom stereocenters. The lowest BCUT2D eigenvalue weighted by molar-refractivity contribution is -0.153. The molecule has 36 heavy (non-hydrogen) atoms. The number of rotatable bonds is 6. The molecule has 13 heteroatoms. The van der Waals surface area contributed by atoms with Crippen molar-refractivity contribution in [1.82, 2.24) is 14.1 Å². The number of anilines is 1. The summed E-state index contributed by atoms with van der Waals surface area (Å²) in [5.41, 5.74) is 0.398. The quantitative estimate of drug-likeness (QED) is 0.391. The van der Waals surface area contributed by atoms with Crippen molar-refractivity contribution in [2.24, 2.45) is 14.1 Å². The highest BCUT2D eigenvalue weighted by Crippen LogP contribution is 2.29. The number of alkyl halides is 3. The maximum absolute atomic E-state index is 14.2. The lowest BCUT2D eigenvalue weighted by Gasteiger charge is -2.11. The van der Waals surface area contributed by atoms with Gasteiger partial charge in [-0.05, 0) is 29.8 Å². The zero-order valence-electron chi connectivity index (χ0n) is 18.9. The molecule has 0 saturated heterocycles. The molecule has 2 aromatic heterocycles. The van der Waals surface area contributed by atoms with Crippen LogP contribution in [0.1, 0.15) is 5.56 Å². The van der Waals surface area contributed by atoms with Gasteiger partial charge in [0.15, 0.2) is 23.3 Å². The number of carbonyl (C=O) groups excluding carboxylic acids is 1. The molecule has 8 nitrogen and oxygen atoms in total. The number of amides is 1. The lowest BCUT2D eigenvalue weighted by atomic mass is 10.1. The largest absolute Gasteiger partial charge is 0.481 e. The molecule has 4 aromatic rings. The fraction of sp³-hybridized carbons (Fsp3) is 0.217. The molecule has 1 N–H and O–H groups in total. The van der Waals surface area contributed by atoms with Crippen LogP contribution in [-0.4, -0.2) is 32.8 Å². The minimum atomic E-state index is -4.59. The Morgan fingerprint density at radius 1 is 1.14 bits per heavy atom. The molecular weight excluding hydrogens is 504 g/mol. The molecule has 0 radical (unpaired) electrons. The average molecular weight is 522 g/mol. The number of thiazole rings is 1. The highest BCUT2D eigenvalue weighted by molar-refractivity contribution is 7.14. The molecule has 0 saturated carbocycles. The normalized spacial score (nSPS) is 11.6. The second-order valence-corrected chi connectivity index (χ2v) is 8.69. The van der Waals surface area contributed by atoms with Crippen LogP contribution in [0.2, 0.25) is 0 Å². The van der Waals surface area contributed by atoms with Crippen LogP contribution in [0, 0.1) is 5.82 Å². The third-order valence-corrected chi connectivity index (χ3v) is 6.06. The van der Waals surface area contributed by atoms with Crippen molar-refractivity contribution < 1.29 is 27.1 Å². The number of nitrogens with one attached hydrogen (secondary N) is 1. The fourth-order valence-corrected chi connectivity index (χ4v) is 4.32.